The summed E-state index contributed by atoms with van der Waals surface area (Å²) in [5.41, 5.74) is 2.68. The quantitative estimate of drug-likeness (QED) is 0.436. The number of hydrogen-bond donors (Lipinski definition) is 0. The lowest BCUT2D eigenvalue weighted by atomic mass is 10.1. The van der Waals surface area contributed by atoms with E-state index in [2.05, 4.69) is 4.98 Å². The molecule has 0 saturated carbocycles. The van der Waals surface area contributed by atoms with E-state index in [0.717, 1.165) is 20.1 Å². The van der Waals surface area contributed by atoms with Crippen molar-refractivity contribution in [3.8, 4) is 0 Å². The van der Waals surface area contributed by atoms with Crippen molar-refractivity contribution in [2.75, 3.05) is 19.0 Å². The molecule has 0 aliphatic carbocycles. The SMILES string of the molecule is Cc1ccccc1N(C(=O)c1cccc(S(=O)(=O)N(C)C)c1)c1nc2ccccc2s1. The number of fused-ring (bicyclic) bond motifs is 1. The standard InChI is InChI=1S/C23H21N3O3S2/c1-16-9-4-6-13-20(16)26(23-24-19-12-5-7-14-21(19)30-23)22(27)17-10-8-11-18(15-17)31(28,29)25(2)3/h4-15H,1-3H3. The topological polar surface area (TPSA) is 70.6 Å². The van der Waals surface area contributed by atoms with Gasteiger partial charge in [-0.05, 0) is 48.9 Å². The number of benzene rings is 3. The summed E-state index contributed by atoms with van der Waals surface area (Å²) in [7, 11) is -0.741. The Labute approximate surface area is 185 Å². The average Bonchev–Trinajstić information content (AvgIpc) is 3.19. The minimum Gasteiger partial charge on any atom is -0.268 e. The number of sulfonamides is 1. The summed E-state index contributed by atoms with van der Waals surface area (Å²) in [6.07, 6.45) is 0. The summed E-state index contributed by atoms with van der Waals surface area (Å²) in [4.78, 5) is 20.0. The number of carbonyl (C=O) groups excluding carboxylic acids is 1. The minimum atomic E-state index is -3.67. The van der Waals surface area contributed by atoms with Gasteiger partial charge >= 0.3 is 0 Å². The maximum absolute atomic E-state index is 13.7. The van der Waals surface area contributed by atoms with Crippen molar-refractivity contribution in [3.05, 3.63) is 83.9 Å². The predicted octanol–water partition coefficient (Wildman–Crippen LogP) is 4.83. The van der Waals surface area contributed by atoms with Crippen LogP contribution in [0.25, 0.3) is 10.2 Å². The second-order valence-corrected chi connectivity index (χ2v) is 10.4. The van der Waals surface area contributed by atoms with E-state index in [1.54, 1.807) is 17.0 Å². The van der Waals surface area contributed by atoms with Crippen LogP contribution >= 0.6 is 11.3 Å². The van der Waals surface area contributed by atoms with Crippen molar-refractivity contribution in [1.82, 2.24) is 9.29 Å². The third-order valence-corrected chi connectivity index (χ3v) is 7.73. The Morgan fingerprint density at radius 2 is 1.65 bits per heavy atom. The number of hydrogen-bond acceptors (Lipinski definition) is 5. The van der Waals surface area contributed by atoms with Crippen LogP contribution < -0.4 is 4.90 Å². The molecule has 4 aromatic rings. The first kappa shape index (κ1) is 21.2. The molecule has 0 unspecified atom stereocenters. The van der Waals surface area contributed by atoms with Gasteiger partial charge in [-0.15, -0.1) is 0 Å². The Bertz CT molecular complexity index is 1340. The summed E-state index contributed by atoms with van der Waals surface area (Å²) >= 11 is 1.41. The van der Waals surface area contributed by atoms with Crippen molar-refractivity contribution in [1.29, 1.82) is 0 Å². The molecule has 0 bridgehead atoms. The smallest absolute Gasteiger partial charge is 0.264 e. The molecule has 1 amide bonds. The van der Waals surface area contributed by atoms with Gasteiger partial charge in [-0.25, -0.2) is 17.7 Å². The number of para-hydroxylation sites is 2. The van der Waals surface area contributed by atoms with Gasteiger partial charge in [0, 0.05) is 19.7 Å². The summed E-state index contributed by atoms with van der Waals surface area (Å²) in [5.74, 6) is -0.343. The lowest BCUT2D eigenvalue weighted by Crippen LogP contribution is -2.27. The number of amides is 1. The lowest BCUT2D eigenvalue weighted by Gasteiger charge is -2.22. The van der Waals surface area contributed by atoms with Gasteiger partial charge < -0.3 is 0 Å². The monoisotopic (exact) mass is 451 g/mol. The fraction of sp³-hybridized carbons (Fsp3) is 0.130. The van der Waals surface area contributed by atoms with E-state index in [4.69, 9.17) is 0 Å². The van der Waals surface area contributed by atoms with Crippen molar-refractivity contribution in [2.45, 2.75) is 11.8 Å². The molecule has 158 valence electrons. The molecule has 1 heterocycles. The molecule has 0 fully saturated rings. The van der Waals surface area contributed by atoms with Gasteiger partial charge in [-0.3, -0.25) is 9.69 Å². The van der Waals surface area contributed by atoms with Crippen LogP contribution in [0.15, 0.2) is 77.7 Å². The molecule has 6 nitrogen and oxygen atoms in total. The fourth-order valence-corrected chi connectivity index (χ4v) is 5.12. The van der Waals surface area contributed by atoms with Crippen LogP contribution in [0.5, 0.6) is 0 Å². The predicted molar refractivity (Wildman–Crippen MR) is 125 cm³/mol. The molecule has 3 aromatic carbocycles. The van der Waals surface area contributed by atoms with E-state index in [0.29, 0.717) is 10.8 Å². The van der Waals surface area contributed by atoms with Crippen LogP contribution in [0, 0.1) is 6.92 Å². The van der Waals surface area contributed by atoms with Gasteiger partial charge in [0.25, 0.3) is 5.91 Å². The molecule has 0 spiro atoms. The van der Waals surface area contributed by atoms with Crippen LogP contribution in [0.1, 0.15) is 15.9 Å². The van der Waals surface area contributed by atoms with Crippen molar-refractivity contribution in [3.63, 3.8) is 0 Å². The van der Waals surface area contributed by atoms with Gasteiger partial charge in [0.05, 0.1) is 20.8 Å². The first-order valence-corrected chi connectivity index (χ1v) is 11.8. The van der Waals surface area contributed by atoms with Gasteiger partial charge in [0.2, 0.25) is 10.0 Å². The maximum Gasteiger partial charge on any atom is 0.264 e. The third-order valence-electron chi connectivity index (χ3n) is 4.89. The zero-order chi connectivity index (χ0) is 22.2. The van der Waals surface area contributed by atoms with Crippen LogP contribution in [0.2, 0.25) is 0 Å². The number of carbonyl (C=O) groups is 1. The highest BCUT2D eigenvalue weighted by molar-refractivity contribution is 7.89. The number of aryl methyl sites for hydroxylation is 1. The molecule has 0 aliphatic heterocycles. The number of aromatic nitrogens is 1. The van der Waals surface area contributed by atoms with Crippen LogP contribution in [-0.4, -0.2) is 37.7 Å². The number of nitrogens with zero attached hydrogens (tertiary/aromatic N) is 3. The molecule has 0 radical (unpaired) electrons. The van der Waals surface area contributed by atoms with Crippen molar-refractivity contribution >= 4 is 48.3 Å². The zero-order valence-electron chi connectivity index (χ0n) is 17.3. The Morgan fingerprint density at radius 1 is 0.935 bits per heavy atom. The zero-order valence-corrected chi connectivity index (χ0v) is 18.9. The Morgan fingerprint density at radius 3 is 2.35 bits per heavy atom. The number of thiazole rings is 1. The molecular weight excluding hydrogens is 430 g/mol. The Balaban J connectivity index is 1.87. The summed E-state index contributed by atoms with van der Waals surface area (Å²) in [5, 5.41) is 0.529. The van der Waals surface area contributed by atoms with Gasteiger partial charge in [0.15, 0.2) is 5.13 Å². The van der Waals surface area contributed by atoms with E-state index in [9.17, 15) is 13.2 Å². The molecule has 1 aromatic heterocycles. The number of anilines is 2. The first-order valence-electron chi connectivity index (χ1n) is 9.57. The van der Waals surface area contributed by atoms with E-state index in [-0.39, 0.29) is 16.4 Å². The van der Waals surface area contributed by atoms with Crippen LogP contribution in [0.3, 0.4) is 0 Å². The second kappa shape index (κ2) is 8.22. The second-order valence-electron chi connectivity index (χ2n) is 7.21. The normalized spacial score (nSPS) is 11.7. The van der Waals surface area contributed by atoms with Crippen LogP contribution in [0.4, 0.5) is 10.8 Å². The average molecular weight is 452 g/mol. The Kier molecular flexibility index (Phi) is 5.62. The van der Waals surface area contributed by atoms with E-state index < -0.39 is 10.0 Å². The first-order chi connectivity index (χ1) is 14.8. The summed E-state index contributed by atoms with van der Waals surface area (Å²) < 4.78 is 27.3. The highest BCUT2D eigenvalue weighted by Gasteiger charge is 2.26. The van der Waals surface area contributed by atoms with Gasteiger partial charge in [0.1, 0.15) is 0 Å². The van der Waals surface area contributed by atoms with Gasteiger partial charge in [-0.1, -0.05) is 47.7 Å². The molecule has 31 heavy (non-hydrogen) atoms. The molecule has 0 aliphatic rings. The minimum absolute atomic E-state index is 0.0670. The molecule has 8 heteroatoms. The van der Waals surface area contributed by atoms with Crippen LogP contribution in [-0.2, 0) is 10.0 Å². The van der Waals surface area contributed by atoms with E-state index in [1.165, 1.54) is 37.6 Å². The third kappa shape index (κ3) is 3.97. The van der Waals surface area contributed by atoms with E-state index in [1.807, 2.05) is 55.5 Å². The van der Waals surface area contributed by atoms with Crippen molar-refractivity contribution < 1.29 is 13.2 Å². The summed E-state index contributed by atoms with van der Waals surface area (Å²) in [6, 6.07) is 21.4. The lowest BCUT2D eigenvalue weighted by molar-refractivity contribution is 0.0999. The maximum atomic E-state index is 13.7. The molecule has 0 saturated heterocycles. The van der Waals surface area contributed by atoms with E-state index >= 15 is 0 Å². The number of rotatable bonds is 5. The van der Waals surface area contributed by atoms with Gasteiger partial charge in [-0.2, -0.15) is 0 Å². The molecule has 0 N–H and O–H groups in total. The fourth-order valence-electron chi connectivity index (χ4n) is 3.20. The van der Waals surface area contributed by atoms with Crippen molar-refractivity contribution in [2.24, 2.45) is 0 Å². The highest BCUT2D eigenvalue weighted by atomic mass is 32.2. The highest BCUT2D eigenvalue weighted by Crippen LogP contribution is 2.36. The molecule has 0 atom stereocenters. The summed E-state index contributed by atoms with van der Waals surface area (Å²) in [6.45, 7) is 1.93. The Hall–Kier alpha value is -3.07. The molecule has 4 rings (SSSR count). The molecular formula is C23H21N3O3S2. The largest absolute Gasteiger partial charge is 0.268 e.